The van der Waals surface area contributed by atoms with E-state index in [9.17, 15) is 9.59 Å². The first-order chi connectivity index (χ1) is 8.65. The van der Waals surface area contributed by atoms with Gasteiger partial charge >= 0.3 is 5.97 Å². The molecule has 0 aromatic heterocycles. The van der Waals surface area contributed by atoms with Crippen LogP contribution in [0.1, 0.15) is 22.8 Å². The number of carbonyl (C=O) groups is 2. The first kappa shape index (κ1) is 12.1. The largest absolute Gasteiger partial charge is 0.465 e. The van der Waals surface area contributed by atoms with Gasteiger partial charge in [0, 0.05) is 16.9 Å². The quantitative estimate of drug-likeness (QED) is 0.268. The molecule has 2 rings (SSSR count). The van der Waals surface area contributed by atoms with Gasteiger partial charge in [-0.3, -0.25) is 9.59 Å². The van der Waals surface area contributed by atoms with Gasteiger partial charge in [0.15, 0.2) is 5.78 Å². The number of ether oxygens (including phenoxy) is 1. The number of hydrogen-bond donors (Lipinski definition) is 0. The number of ketones is 1. The van der Waals surface area contributed by atoms with Crippen molar-refractivity contribution in [2.75, 3.05) is 6.61 Å². The summed E-state index contributed by atoms with van der Waals surface area (Å²) in [5.74, 6) is -1.28. The molecule has 0 saturated carbocycles. The highest BCUT2D eigenvalue weighted by Gasteiger charge is 2.52. The molecule has 0 spiro atoms. The molecule has 6 heteroatoms. The maximum atomic E-state index is 12.3. The highest BCUT2D eigenvalue weighted by Crippen LogP contribution is 2.34. The van der Waals surface area contributed by atoms with Gasteiger partial charge in [0.25, 0.3) is 0 Å². The first-order valence-electron chi connectivity index (χ1n) is 5.52. The Hall–Kier alpha value is -2.33. The Morgan fingerprint density at radius 3 is 2.89 bits per heavy atom. The van der Waals surface area contributed by atoms with Gasteiger partial charge in [0.2, 0.25) is 5.54 Å². The first-order valence-corrected chi connectivity index (χ1v) is 5.52. The smallest absolute Gasteiger partial charge is 0.326 e. The summed E-state index contributed by atoms with van der Waals surface area (Å²) in [4.78, 5) is 26.8. The topological polar surface area (TPSA) is 92.1 Å². The summed E-state index contributed by atoms with van der Waals surface area (Å²) in [6, 6.07) is 6.82. The fourth-order valence-corrected chi connectivity index (χ4v) is 2.09. The van der Waals surface area contributed by atoms with Crippen molar-refractivity contribution >= 4 is 11.8 Å². The number of fused-ring (bicyclic) bond motifs is 1. The van der Waals surface area contributed by atoms with E-state index in [1.54, 1.807) is 31.2 Å². The number of hydrogen-bond acceptors (Lipinski definition) is 4. The lowest BCUT2D eigenvalue weighted by Gasteiger charge is -2.18. The fourth-order valence-electron chi connectivity index (χ4n) is 2.09. The average molecular weight is 245 g/mol. The van der Waals surface area contributed by atoms with Crippen molar-refractivity contribution in [2.45, 2.75) is 18.9 Å². The van der Waals surface area contributed by atoms with Crippen LogP contribution >= 0.6 is 0 Å². The molecule has 0 fully saturated rings. The second-order valence-electron chi connectivity index (χ2n) is 3.93. The molecule has 1 aromatic rings. The number of rotatable bonds is 3. The van der Waals surface area contributed by atoms with E-state index in [0.717, 1.165) is 0 Å². The normalized spacial score (nSPS) is 21.1. The molecule has 1 aliphatic rings. The molecule has 1 aliphatic carbocycles. The van der Waals surface area contributed by atoms with Crippen LogP contribution in [0.25, 0.3) is 10.4 Å². The molecule has 18 heavy (non-hydrogen) atoms. The highest BCUT2D eigenvalue weighted by molar-refractivity contribution is 6.20. The number of carbonyl (C=O) groups excluding carboxylic acids is 2. The number of azide groups is 1. The second-order valence-corrected chi connectivity index (χ2v) is 3.93. The zero-order chi connectivity index (χ0) is 13.2. The van der Waals surface area contributed by atoms with Crippen LogP contribution in [0.5, 0.6) is 0 Å². The summed E-state index contributed by atoms with van der Waals surface area (Å²) in [5.41, 5.74) is 7.95. The van der Waals surface area contributed by atoms with E-state index in [2.05, 4.69) is 10.0 Å². The van der Waals surface area contributed by atoms with Crippen LogP contribution in [0, 0.1) is 0 Å². The van der Waals surface area contributed by atoms with Crippen LogP contribution in [0.15, 0.2) is 29.4 Å². The summed E-state index contributed by atoms with van der Waals surface area (Å²) in [6.45, 7) is 1.76. The van der Waals surface area contributed by atoms with E-state index in [4.69, 9.17) is 10.3 Å². The molecule has 1 unspecified atom stereocenters. The highest BCUT2D eigenvalue weighted by atomic mass is 16.5. The summed E-state index contributed by atoms with van der Waals surface area (Å²) in [6.07, 6.45) is 0.0604. The van der Waals surface area contributed by atoms with Crippen LogP contribution < -0.4 is 0 Å². The van der Waals surface area contributed by atoms with Gasteiger partial charge < -0.3 is 4.74 Å². The Kier molecular flexibility index (Phi) is 3.04. The maximum Gasteiger partial charge on any atom is 0.326 e. The minimum Gasteiger partial charge on any atom is -0.465 e. The number of nitrogens with zero attached hydrogens (tertiary/aromatic N) is 3. The van der Waals surface area contributed by atoms with Crippen LogP contribution in [-0.4, -0.2) is 23.9 Å². The Labute approximate surface area is 103 Å². The van der Waals surface area contributed by atoms with Gasteiger partial charge in [-0.2, -0.15) is 0 Å². The van der Waals surface area contributed by atoms with E-state index in [0.29, 0.717) is 11.1 Å². The van der Waals surface area contributed by atoms with Gasteiger partial charge in [-0.15, -0.1) is 0 Å². The van der Waals surface area contributed by atoms with Crippen molar-refractivity contribution in [1.29, 1.82) is 0 Å². The second kappa shape index (κ2) is 4.50. The number of benzene rings is 1. The van der Waals surface area contributed by atoms with E-state index in [1.807, 2.05) is 0 Å². The Bertz CT molecular complexity index is 563. The third-order valence-electron chi connectivity index (χ3n) is 2.91. The van der Waals surface area contributed by atoms with Crippen LogP contribution in [0.3, 0.4) is 0 Å². The lowest BCUT2D eigenvalue weighted by atomic mass is 9.96. The van der Waals surface area contributed by atoms with E-state index in [1.165, 1.54) is 0 Å². The van der Waals surface area contributed by atoms with Crippen molar-refractivity contribution in [3.8, 4) is 0 Å². The van der Waals surface area contributed by atoms with Crippen molar-refractivity contribution in [2.24, 2.45) is 5.11 Å². The molecular formula is C12H11N3O3. The molecule has 0 bridgehead atoms. The van der Waals surface area contributed by atoms with Crippen molar-refractivity contribution in [3.63, 3.8) is 0 Å². The molecule has 92 valence electrons. The zero-order valence-corrected chi connectivity index (χ0v) is 9.79. The molecule has 0 N–H and O–H groups in total. The standard InChI is InChI=1S/C12H11N3O3/c1-2-18-11(17)12(14-15-13)7-8-5-3-4-6-9(8)10(12)16/h3-6H,2,7H2,1H3. The predicted molar refractivity (Wildman–Crippen MR) is 63.0 cm³/mol. The summed E-state index contributed by atoms with van der Waals surface area (Å²) >= 11 is 0. The van der Waals surface area contributed by atoms with Crippen LogP contribution in [-0.2, 0) is 16.0 Å². The lowest BCUT2D eigenvalue weighted by Crippen LogP contribution is -2.43. The summed E-state index contributed by atoms with van der Waals surface area (Å²) < 4.78 is 4.86. The minimum absolute atomic E-state index is 0.0604. The molecule has 0 amide bonds. The number of Topliss-reactive ketones (excluding diaryl/α,β-unsaturated/α-hetero) is 1. The summed E-state index contributed by atoms with van der Waals surface area (Å²) in [7, 11) is 0. The fraction of sp³-hybridized carbons (Fsp3) is 0.333. The van der Waals surface area contributed by atoms with Gasteiger partial charge in [-0.25, -0.2) is 0 Å². The van der Waals surface area contributed by atoms with E-state index in [-0.39, 0.29) is 13.0 Å². The third kappa shape index (κ3) is 1.63. The van der Waals surface area contributed by atoms with Crippen LogP contribution in [0.2, 0.25) is 0 Å². The van der Waals surface area contributed by atoms with Crippen LogP contribution in [0.4, 0.5) is 0 Å². The van der Waals surface area contributed by atoms with Gasteiger partial charge in [-0.05, 0) is 18.0 Å². The molecule has 0 aliphatic heterocycles. The molecule has 0 saturated heterocycles. The summed E-state index contributed by atoms with van der Waals surface area (Å²) in [5, 5.41) is 3.43. The Morgan fingerprint density at radius 2 is 2.28 bits per heavy atom. The van der Waals surface area contributed by atoms with Crippen molar-refractivity contribution in [1.82, 2.24) is 0 Å². The van der Waals surface area contributed by atoms with Gasteiger partial charge in [0.05, 0.1) is 6.61 Å². The molecule has 6 nitrogen and oxygen atoms in total. The SMILES string of the molecule is CCOC(=O)C1(N=[N+]=[N-])Cc2ccccc2C1=O. The minimum atomic E-state index is -1.77. The average Bonchev–Trinajstić information content (AvgIpc) is 2.65. The zero-order valence-electron chi connectivity index (χ0n) is 9.79. The Morgan fingerprint density at radius 1 is 1.56 bits per heavy atom. The molecule has 0 radical (unpaired) electrons. The monoisotopic (exact) mass is 245 g/mol. The van der Waals surface area contributed by atoms with Crippen molar-refractivity contribution < 1.29 is 14.3 Å². The molecular weight excluding hydrogens is 234 g/mol. The number of esters is 1. The Balaban J connectivity index is 2.51. The molecule has 0 heterocycles. The molecule has 1 atom stereocenters. The third-order valence-corrected chi connectivity index (χ3v) is 2.91. The van der Waals surface area contributed by atoms with Gasteiger partial charge in [-0.1, -0.05) is 29.4 Å². The van der Waals surface area contributed by atoms with E-state index < -0.39 is 17.3 Å². The molecule has 1 aromatic carbocycles. The maximum absolute atomic E-state index is 12.3. The van der Waals surface area contributed by atoms with E-state index >= 15 is 0 Å². The van der Waals surface area contributed by atoms with Crippen molar-refractivity contribution in [3.05, 3.63) is 45.8 Å². The predicted octanol–water partition coefficient (Wildman–Crippen LogP) is 2.04. The lowest BCUT2D eigenvalue weighted by molar-refractivity contribution is -0.147. The van der Waals surface area contributed by atoms with Gasteiger partial charge in [0.1, 0.15) is 0 Å².